The number of rotatable bonds is 4. The summed E-state index contributed by atoms with van der Waals surface area (Å²) in [6.45, 7) is 3.62. The maximum Gasteiger partial charge on any atom is 0.175 e. The maximum absolute atomic E-state index is 8.93. The summed E-state index contributed by atoms with van der Waals surface area (Å²) in [5, 5.41) is 12.0. The molecule has 2 aromatic rings. The highest BCUT2D eigenvalue weighted by Crippen LogP contribution is 2.33. The number of aryl methyl sites for hydroxylation is 2. The summed E-state index contributed by atoms with van der Waals surface area (Å²) in [7, 11) is 1.57. The van der Waals surface area contributed by atoms with Gasteiger partial charge in [0.1, 0.15) is 5.75 Å². The van der Waals surface area contributed by atoms with Crippen LogP contribution in [0, 0.1) is 13.8 Å². The predicted molar refractivity (Wildman–Crippen MR) is 79.3 cm³/mol. The van der Waals surface area contributed by atoms with E-state index in [1.54, 1.807) is 32.2 Å². The zero-order valence-electron chi connectivity index (χ0n) is 12.1. The van der Waals surface area contributed by atoms with Crippen LogP contribution in [0.2, 0.25) is 0 Å². The average molecular weight is 287 g/mol. The Kier molecular flexibility index (Phi) is 4.27. The van der Waals surface area contributed by atoms with Gasteiger partial charge in [-0.05, 0) is 26.0 Å². The molecule has 0 aliphatic carbocycles. The van der Waals surface area contributed by atoms with Crippen molar-refractivity contribution in [1.82, 2.24) is 4.98 Å². The fourth-order valence-corrected chi connectivity index (χ4v) is 2.06. The van der Waals surface area contributed by atoms with Gasteiger partial charge in [0.25, 0.3) is 0 Å². The number of benzene rings is 1. The number of para-hydroxylation sites is 2. The first-order chi connectivity index (χ1) is 10.1. The number of pyridine rings is 1. The minimum Gasteiger partial charge on any atom is -0.493 e. The third-order valence-corrected chi connectivity index (χ3v) is 2.95. The van der Waals surface area contributed by atoms with Crippen LogP contribution >= 0.6 is 0 Å². The van der Waals surface area contributed by atoms with Crippen LogP contribution in [-0.4, -0.2) is 23.1 Å². The van der Waals surface area contributed by atoms with Gasteiger partial charge in [0, 0.05) is 11.8 Å². The van der Waals surface area contributed by atoms with E-state index in [4.69, 9.17) is 20.4 Å². The van der Waals surface area contributed by atoms with Crippen molar-refractivity contribution in [3.63, 3.8) is 0 Å². The lowest BCUT2D eigenvalue weighted by Gasteiger charge is -2.15. The highest BCUT2D eigenvalue weighted by molar-refractivity contribution is 6.00. The van der Waals surface area contributed by atoms with Crippen molar-refractivity contribution < 1.29 is 14.7 Å². The third-order valence-electron chi connectivity index (χ3n) is 2.95. The van der Waals surface area contributed by atoms with E-state index in [0.717, 1.165) is 5.69 Å². The van der Waals surface area contributed by atoms with Gasteiger partial charge >= 0.3 is 0 Å². The Morgan fingerprint density at radius 3 is 2.48 bits per heavy atom. The Hall–Kier alpha value is -2.76. The molecule has 2 rings (SSSR count). The average Bonchev–Trinajstić information content (AvgIpc) is 2.46. The van der Waals surface area contributed by atoms with E-state index in [1.165, 1.54) is 0 Å². The molecule has 0 amide bonds. The molecule has 0 unspecified atom stereocenters. The molecule has 1 aromatic carbocycles. The van der Waals surface area contributed by atoms with E-state index < -0.39 is 0 Å². The summed E-state index contributed by atoms with van der Waals surface area (Å²) in [6.07, 6.45) is 0. The Morgan fingerprint density at radius 1 is 1.19 bits per heavy atom. The van der Waals surface area contributed by atoms with Crippen LogP contribution in [0.4, 0.5) is 0 Å². The van der Waals surface area contributed by atoms with Gasteiger partial charge in [-0.25, -0.2) is 0 Å². The summed E-state index contributed by atoms with van der Waals surface area (Å²) < 4.78 is 11.1. The topological polar surface area (TPSA) is 90.0 Å². The van der Waals surface area contributed by atoms with Crippen LogP contribution in [0.1, 0.15) is 17.0 Å². The lowest BCUT2D eigenvalue weighted by molar-refractivity contribution is 0.318. The number of nitrogens with zero attached hydrogens (tertiary/aromatic N) is 2. The number of hydrogen-bond donors (Lipinski definition) is 2. The van der Waals surface area contributed by atoms with Crippen molar-refractivity contribution in [3.8, 4) is 17.2 Å². The molecule has 0 bridgehead atoms. The van der Waals surface area contributed by atoms with Crippen molar-refractivity contribution >= 4 is 5.84 Å². The number of amidine groups is 1. The van der Waals surface area contributed by atoms with Crippen LogP contribution in [0.25, 0.3) is 0 Å². The van der Waals surface area contributed by atoms with E-state index in [0.29, 0.717) is 28.5 Å². The van der Waals surface area contributed by atoms with Crippen LogP contribution in [0.5, 0.6) is 17.2 Å². The van der Waals surface area contributed by atoms with Crippen LogP contribution < -0.4 is 15.2 Å². The van der Waals surface area contributed by atoms with Gasteiger partial charge in [0.05, 0.1) is 18.4 Å². The van der Waals surface area contributed by atoms with E-state index in [-0.39, 0.29) is 5.84 Å². The van der Waals surface area contributed by atoms with Crippen molar-refractivity contribution in [2.75, 3.05) is 7.11 Å². The van der Waals surface area contributed by atoms with Crippen molar-refractivity contribution in [2.45, 2.75) is 13.8 Å². The van der Waals surface area contributed by atoms with Gasteiger partial charge < -0.3 is 20.4 Å². The summed E-state index contributed by atoms with van der Waals surface area (Å²) in [4.78, 5) is 4.30. The second-order valence-electron chi connectivity index (χ2n) is 4.46. The second-order valence-corrected chi connectivity index (χ2v) is 4.46. The molecule has 0 saturated carbocycles. The van der Waals surface area contributed by atoms with E-state index in [1.807, 2.05) is 19.1 Å². The van der Waals surface area contributed by atoms with E-state index >= 15 is 0 Å². The van der Waals surface area contributed by atoms with Gasteiger partial charge in [-0.3, -0.25) is 4.98 Å². The predicted octanol–water partition coefficient (Wildman–Crippen LogP) is 2.59. The molecule has 0 aliphatic rings. The molecule has 0 spiro atoms. The number of oxime groups is 1. The van der Waals surface area contributed by atoms with Gasteiger partial charge in [-0.2, -0.15) is 0 Å². The monoisotopic (exact) mass is 287 g/mol. The summed E-state index contributed by atoms with van der Waals surface area (Å²) in [5.74, 6) is 1.54. The van der Waals surface area contributed by atoms with Crippen LogP contribution in [-0.2, 0) is 0 Å². The van der Waals surface area contributed by atoms with Gasteiger partial charge in [0.2, 0.25) is 0 Å². The van der Waals surface area contributed by atoms with Gasteiger partial charge in [0.15, 0.2) is 17.3 Å². The quantitative estimate of drug-likeness (QED) is 0.390. The number of ether oxygens (including phenoxy) is 2. The van der Waals surface area contributed by atoms with Gasteiger partial charge in [-0.1, -0.05) is 17.3 Å². The summed E-state index contributed by atoms with van der Waals surface area (Å²) in [5.41, 5.74) is 7.56. The molecule has 1 aromatic heterocycles. The summed E-state index contributed by atoms with van der Waals surface area (Å²) >= 11 is 0. The highest BCUT2D eigenvalue weighted by Gasteiger charge is 2.16. The first kappa shape index (κ1) is 14.6. The Bertz CT molecular complexity index is 684. The normalized spacial score (nSPS) is 11.3. The SMILES string of the molecule is COc1ccccc1Oc1cc(C)nc(C)c1/C(N)=N/O. The lowest BCUT2D eigenvalue weighted by Crippen LogP contribution is -2.17. The molecule has 0 saturated heterocycles. The number of nitrogens with two attached hydrogens (primary N) is 1. The van der Waals surface area contributed by atoms with Crippen LogP contribution in [0.3, 0.4) is 0 Å². The Labute approximate surface area is 122 Å². The molecule has 0 fully saturated rings. The maximum atomic E-state index is 8.93. The highest BCUT2D eigenvalue weighted by atomic mass is 16.5. The minimum absolute atomic E-state index is 0.0510. The number of methoxy groups -OCH3 is 1. The Morgan fingerprint density at radius 2 is 1.86 bits per heavy atom. The smallest absolute Gasteiger partial charge is 0.175 e. The Balaban J connectivity index is 2.53. The molecule has 21 heavy (non-hydrogen) atoms. The van der Waals surface area contributed by atoms with Crippen molar-refractivity contribution in [3.05, 3.63) is 47.3 Å². The molecular formula is C15H17N3O3. The van der Waals surface area contributed by atoms with Gasteiger partial charge in [-0.15, -0.1) is 0 Å². The van der Waals surface area contributed by atoms with Crippen molar-refractivity contribution in [2.24, 2.45) is 10.9 Å². The third kappa shape index (κ3) is 3.05. The number of hydrogen-bond acceptors (Lipinski definition) is 5. The first-order valence-corrected chi connectivity index (χ1v) is 6.33. The molecule has 0 atom stereocenters. The largest absolute Gasteiger partial charge is 0.493 e. The zero-order valence-corrected chi connectivity index (χ0v) is 12.1. The summed E-state index contributed by atoms with van der Waals surface area (Å²) in [6, 6.07) is 8.98. The molecule has 3 N–H and O–H groups in total. The molecule has 6 nitrogen and oxygen atoms in total. The fraction of sp³-hybridized carbons (Fsp3) is 0.200. The lowest BCUT2D eigenvalue weighted by atomic mass is 10.1. The number of aromatic nitrogens is 1. The van der Waals surface area contributed by atoms with E-state index in [2.05, 4.69) is 10.1 Å². The molecular weight excluding hydrogens is 270 g/mol. The minimum atomic E-state index is -0.0510. The molecule has 1 heterocycles. The van der Waals surface area contributed by atoms with Crippen LogP contribution in [0.15, 0.2) is 35.5 Å². The fourth-order valence-electron chi connectivity index (χ4n) is 2.06. The molecule has 0 radical (unpaired) electrons. The molecule has 6 heteroatoms. The zero-order chi connectivity index (χ0) is 15.4. The van der Waals surface area contributed by atoms with E-state index in [9.17, 15) is 0 Å². The van der Waals surface area contributed by atoms with Crippen molar-refractivity contribution in [1.29, 1.82) is 0 Å². The molecule has 0 aliphatic heterocycles. The standard InChI is InChI=1S/C15H17N3O3/c1-9-8-13(14(10(2)17-9)15(16)18-19)21-12-7-5-4-6-11(12)20-3/h4-8,19H,1-3H3,(H2,16,18). The first-order valence-electron chi connectivity index (χ1n) is 6.33. The second kappa shape index (κ2) is 6.13. The molecule has 110 valence electrons.